The van der Waals surface area contributed by atoms with Gasteiger partial charge in [-0.25, -0.2) is 9.38 Å². The van der Waals surface area contributed by atoms with Crippen LogP contribution in [0, 0.1) is 5.82 Å². The van der Waals surface area contributed by atoms with Crippen molar-refractivity contribution in [3.63, 3.8) is 0 Å². The summed E-state index contributed by atoms with van der Waals surface area (Å²) in [6.45, 7) is 6.57. The van der Waals surface area contributed by atoms with Crippen molar-refractivity contribution in [2.24, 2.45) is 4.99 Å². The summed E-state index contributed by atoms with van der Waals surface area (Å²) in [7, 11) is 1.56. The van der Waals surface area contributed by atoms with Crippen molar-refractivity contribution in [3.05, 3.63) is 57.5 Å². The van der Waals surface area contributed by atoms with Crippen LogP contribution in [0.1, 0.15) is 36.5 Å². The van der Waals surface area contributed by atoms with Crippen LogP contribution in [0.15, 0.2) is 40.0 Å². The van der Waals surface area contributed by atoms with Gasteiger partial charge in [0.1, 0.15) is 5.82 Å². The fourth-order valence-corrected chi connectivity index (χ4v) is 3.21. The largest absolute Gasteiger partial charge is 0.380 e. The first kappa shape index (κ1) is 22.9. The van der Waals surface area contributed by atoms with Gasteiger partial charge in [0.25, 0.3) is 0 Å². The Kier molecular flexibility index (Phi) is 10.8. The van der Waals surface area contributed by atoms with Crippen LogP contribution in [0.4, 0.5) is 4.39 Å². The summed E-state index contributed by atoms with van der Waals surface area (Å²) in [5.41, 5.74) is 2.84. The predicted octanol–water partition coefficient (Wildman–Crippen LogP) is 4.51. The zero-order valence-electron chi connectivity index (χ0n) is 15.4. The van der Waals surface area contributed by atoms with Crippen LogP contribution in [-0.2, 0) is 17.9 Å². The van der Waals surface area contributed by atoms with E-state index in [0.29, 0.717) is 18.0 Å². The maximum Gasteiger partial charge on any atom is 0.191 e. The molecule has 0 aliphatic carbocycles. The monoisotopic (exact) mass is 491 g/mol. The Morgan fingerprint density at radius 3 is 2.77 bits per heavy atom. The van der Waals surface area contributed by atoms with Crippen molar-refractivity contribution >= 4 is 41.3 Å². The molecule has 144 valence electrons. The summed E-state index contributed by atoms with van der Waals surface area (Å²) >= 11 is 1.71. The van der Waals surface area contributed by atoms with E-state index in [9.17, 15) is 4.39 Å². The zero-order valence-corrected chi connectivity index (χ0v) is 18.6. The van der Waals surface area contributed by atoms with Gasteiger partial charge in [-0.3, -0.25) is 0 Å². The molecule has 0 spiro atoms. The molecule has 2 aromatic rings. The van der Waals surface area contributed by atoms with Gasteiger partial charge in [0, 0.05) is 25.8 Å². The summed E-state index contributed by atoms with van der Waals surface area (Å²) in [6.07, 6.45) is 0. The first-order chi connectivity index (χ1) is 12.1. The molecule has 4 nitrogen and oxygen atoms in total. The number of methoxy groups -OCH3 is 1. The molecule has 0 saturated heterocycles. The lowest BCUT2D eigenvalue weighted by molar-refractivity contribution is 0.181. The van der Waals surface area contributed by atoms with E-state index >= 15 is 0 Å². The normalized spacial score (nSPS) is 12.4. The summed E-state index contributed by atoms with van der Waals surface area (Å²) in [5, 5.41) is 10.9. The number of thiophene rings is 1. The average Bonchev–Trinajstić information content (AvgIpc) is 3.14. The van der Waals surface area contributed by atoms with Crippen molar-refractivity contribution in [1.82, 2.24) is 10.6 Å². The van der Waals surface area contributed by atoms with E-state index in [1.807, 2.05) is 6.92 Å². The number of rotatable bonds is 8. The van der Waals surface area contributed by atoms with Crippen LogP contribution in [0.5, 0.6) is 0 Å². The highest BCUT2D eigenvalue weighted by molar-refractivity contribution is 14.0. The van der Waals surface area contributed by atoms with Gasteiger partial charge in [-0.1, -0.05) is 13.0 Å². The SMILES string of the molecule is CCNC(=NCc1ccc(F)c(COC)c1)NCC(C)c1ccsc1.I. The Balaban J connectivity index is 0.00000338. The van der Waals surface area contributed by atoms with Crippen molar-refractivity contribution in [2.45, 2.75) is 32.9 Å². The highest BCUT2D eigenvalue weighted by atomic mass is 127. The van der Waals surface area contributed by atoms with Crippen LogP contribution >= 0.6 is 35.3 Å². The van der Waals surface area contributed by atoms with Gasteiger partial charge in [-0.15, -0.1) is 24.0 Å². The number of nitrogens with zero attached hydrogens (tertiary/aromatic N) is 1. The lowest BCUT2D eigenvalue weighted by Gasteiger charge is -2.15. The van der Waals surface area contributed by atoms with E-state index in [-0.39, 0.29) is 36.4 Å². The lowest BCUT2D eigenvalue weighted by atomic mass is 10.1. The second-order valence-corrected chi connectivity index (χ2v) is 6.67. The second kappa shape index (κ2) is 12.2. The average molecular weight is 491 g/mol. The number of hydrogen-bond donors (Lipinski definition) is 2. The van der Waals surface area contributed by atoms with Crippen LogP contribution in [0.3, 0.4) is 0 Å². The van der Waals surface area contributed by atoms with E-state index in [4.69, 9.17) is 4.74 Å². The van der Waals surface area contributed by atoms with Crippen molar-refractivity contribution in [1.29, 1.82) is 0 Å². The van der Waals surface area contributed by atoms with Crippen LogP contribution in [-0.4, -0.2) is 26.2 Å². The Morgan fingerprint density at radius 2 is 2.12 bits per heavy atom. The summed E-state index contributed by atoms with van der Waals surface area (Å²) in [4.78, 5) is 4.60. The van der Waals surface area contributed by atoms with Gasteiger partial charge in [-0.05, 0) is 52.9 Å². The van der Waals surface area contributed by atoms with Gasteiger partial charge < -0.3 is 15.4 Å². The third kappa shape index (κ3) is 7.20. The Bertz CT molecular complexity index is 679. The predicted molar refractivity (Wildman–Crippen MR) is 118 cm³/mol. The third-order valence-electron chi connectivity index (χ3n) is 3.86. The molecule has 0 amide bonds. The van der Waals surface area contributed by atoms with Crippen LogP contribution in [0.25, 0.3) is 0 Å². The molecular weight excluding hydrogens is 464 g/mol. The summed E-state index contributed by atoms with van der Waals surface area (Å²) in [5.74, 6) is 0.931. The molecule has 0 aliphatic heterocycles. The molecule has 0 aliphatic rings. The fraction of sp³-hybridized carbons (Fsp3) is 0.421. The molecule has 7 heteroatoms. The molecule has 0 fully saturated rings. The number of nitrogens with one attached hydrogen (secondary N) is 2. The van der Waals surface area contributed by atoms with E-state index in [1.165, 1.54) is 11.6 Å². The lowest BCUT2D eigenvalue weighted by Crippen LogP contribution is -2.39. The molecule has 0 radical (unpaired) electrons. The molecule has 1 atom stereocenters. The van der Waals surface area contributed by atoms with Gasteiger partial charge in [0.15, 0.2) is 5.96 Å². The van der Waals surface area contributed by atoms with Crippen molar-refractivity contribution in [2.75, 3.05) is 20.2 Å². The maximum absolute atomic E-state index is 13.7. The van der Waals surface area contributed by atoms with Crippen molar-refractivity contribution < 1.29 is 9.13 Å². The fourth-order valence-electron chi connectivity index (χ4n) is 2.43. The molecule has 2 N–H and O–H groups in total. The third-order valence-corrected chi connectivity index (χ3v) is 4.56. The Morgan fingerprint density at radius 1 is 1.31 bits per heavy atom. The number of aliphatic imine (C=N–C) groups is 1. The molecule has 1 aromatic heterocycles. The summed E-state index contributed by atoms with van der Waals surface area (Å²) in [6, 6.07) is 7.19. The number of halogens is 2. The Hall–Kier alpha value is -1.19. The highest BCUT2D eigenvalue weighted by Gasteiger charge is 2.07. The number of hydrogen-bond acceptors (Lipinski definition) is 3. The molecular formula is C19H27FIN3OS. The smallest absolute Gasteiger partial charge is 0.191 e. The van der Waals surface area contributed by atoms with Gasteiger partial charge >= 0.3 is 0 Å². The van der Waals surface area contributed by atoms with E-state index < -0.39 is 0 Å². The van der Waals surface area contributed by atoms with Gasteiger partial charge in [0.05, 0.1) is 13.2 Å². The molecule has 1 heterocycles. The number of benzene rings is 1. The quantitative estimate of drug-likeness (QED) is 0.325. The van der Waals surface area contributed by atoms with Crippen LogP contribution in [0.2, 0.25) is 0 Å². The molecule has 0 saturated carbocycles. The second-order valence-electron chi connectivity index (χ2n) is 5.89. The Labute approximate surface area is 176 Å². The van der Waals surface area contributed by atoms with Crippen molar-refractivity contribution in [3.8, 4) is 0 Å². The molecule has 26 heavy (non-hydrogen) atoms. The zero-order chi connectivity index (χ0) is 18.1. The first-order valence-corrected chi connectivity index (χ1v) is 9.38. The van der Waals surface area contributed by atoms with E-state index in [1.54, 1.807) is 30.6 Å². The first-order valence-electron chi connectivity index (χ1n) is 8.44. The molecule has 1 aromatic carbocycles. The minimum atomic E-state index is -0.246. The molecule has 2 rings (SSSR count). The summed E-state index contributed by atoms with van der Waals surface area (Å²) < 4.78 is 18.7. The topological polar surface area (TPSA) is 45.7 Å². The van der Waals surface area contributed by atoms with Crippen LogP contribution < -0.4 is 10.6 Å². The minimum absolute atomic E-state index is 0. The minimum Gasteiger partial charge on any atom is -0.380 e. The van der Waals surface area contributed by atoms with E-state index in [2.05, 4.69) is 39.4 Å². The molecule has 0 bridgehead atoms. The van der Waals surface area contributed by atoms with Gasteiger partial charge in [-0.2, -0.15) is 11.3 Å². The van der Waals surface area contributed by atoms with Gasteiger partial charge in [0.2, 0.25) is 0 Å². The maximum atomic E-state index is 13.7. The number of guanidine groups is 1. The molecule has 1 unspecified atom stereocenters. The highest BCUT2D eigenvalue weighted by Crippen LogP contribution is 2.17. The standard InChI is InChI=1S/C19H26FN3OS.HI/c1-4-21-19(22-10-14(2)16-7-8-25-13-16)23-11-15-5-6-18(20)17(9-15)12-24-3;/h5-9,13-14H,4,10-12H2,1-3H3,(H2,21,22,23);1H. The van der Waals surface area contributed by atoms with E-state index in [0.717, 1.165) is 24.6 Å². The number of ether oxygens (including phenoxy) is 1.